The molecule has 2 heteroatoms. The minimum absolute atomic E-state index is 0.112. The van der Waals surface area contributed by atoms with Gasteiger partial charge < -0.3 is 4.74 Å². The first kappa shape index (κ1) is 15.7. The molecule has 1 aliphatic carbocycles. The smallest absolute Gasteiger partial charge is 0.306 e. The first-order chi connectivity index (χ1) is 8.95. The highest BCUT2D eigenvalue weighted by molar-refractivity contribution is 5.71. The van der Waals surface area contributed by atoms with Crippen molar-refractivity contribution in [1.82, 2.24) is 0 Å². The van der Waals surface area contributed by atoms with Crippen LogP contribution in [0.25, 0.3) is 0 Å². The van der Waals surface area contributed by atoms with Crippen LogP contribution < -0.4 is 0 Å². The Kier molecular flexibility index (Phi) is 5.59. The molecule has 0 aromatic carbocycles. The van der Waals surface area contributed by atoms with Crippen LogP contribution in [0.15, 0.2) is 36.5 Å². The number of allylic oxidation sites excluding steroid dienone is 4. The van der Waals surface area contributed by atoms with Gasteiger partial charge in [0.2, 0.25) is 0 Å². The molecule has 0 heterocycles. The van der Waals surface area contributed by atoms with E-state index < -0.39 is 0 Å². The monoisotopic (exact) mass is 262 g/mol. The van der Waals surface area contributed by atoms with E-state index >= 15 is 0 Å². The molecule has 0 radical (unpaired) electrons. The van der Waals surface area contributed by atoms with Gasteiger partial charge in [0.25, 0.3) is 0 Å². The summed E-state index contributed by atoms with van der Waals surface area (Å²) in [5, 5.41) is 0. The standard InChI is InChI=1S/C17H26O2/c1-6-10-17(12-16(18)19-7-2)11-15(13(3)4)9-8-14(17)5/h6,8,15H,1,3,7,9-12H2,2,4-5H3/t15-,17+/m1/s1. The molecule has 2 atom stereocenters. The molecule has 1 rings (SSSR count). The van der Waals surface area contributed by atoms with Crippen LogP contribution in [-0.2, 0) is 9.53 Å². The summed E-state index contributed by atoms with van der Waals surface area (Å²) in [5.41, 5.74) is 2.36. The first-order valence-corrected chi connectivity index (χ1v) is 7.04. The van der Waals surface area contributed by atoms with Gasteiger partial charge in [-0.25, -0.2) is 0 Å². The van der Waals surface area contributed by atoms with Gasteiger partial charge in [-0.05, 0) is 46.0 Å². The Morgan fingerprint density at radius 2 is 2.32 bits per heavy atom. The molecule has 0 saturated carbocycles. The predicted molar refractivity (Wildman–Crippen MR) is 79.8 cm³/mol. The molecule has 0 spiro atoms. The second kappa shape index (κ2) is 6.74. The lowest BCUT2D eigenvalue weighted by Crippen LogP contribution is -2.32. The van der Waals surface area contributed by atoms with Crippen molar-refractivity contribution in [2.75, 3.05) is 6.61 Å². The van der Waals surface area contributed by atoms with E-state index in [2.05, 4.69) is 33.1 Å². The highest BCUT2D eigenvalue weighted by Gasteiger charge is 2.38. The van der Waals surface area contributed by atoms with Crippen molar-refractivity contribution < 1.29 is 9.53 Å². The molecule has 0 fully saturated rings. The number of carbonyl (C=O) groups is 1. The fourth-order valence-electron chi connectivity index (χ4n) is 2.92. The SMILES string of the molecule is C=CC[C@@]1(CC(=O)OCC)C[C@H](C(=C)C)CC=C1C. The highest BCUT2D eigenvalue weighted by Crippen LogP contribution is 2.47. The Hall–Kier alpha value is -1.31. The molecule has 0 unspecified atom stereocenters. The second-order valence-electron chi connectivity index (χ2n) is 5.63. The fraction of sp³-hybridized carbons (Fsp3) is 0.588. The zero-order chi connectivity index (χ0) is 14.5. The van der Waals surface area contributed by atoms with Gasteiger partial charge in [0.1, 0.15) is 0 Å². The van der Waals surface area contributed by atoms with Gasteiger partial charge >= 0.3 is 5.97 Å². The van der Waals surface area contributed by atoms with Gasteiger partial charge in [0.05, 0.1) is 13.0 Å². The Bertz CT molecular complexity index is 392. The molecule has 0 amide bonds. The van der Waals surface area contributed by atoms with Crippen LogP contribution in [0.2, 0.25) is 0 Å². The zero-order valence-electron chi connectivity index (χ0n) is 12.5. The molecule has 19 heavy (non-hydrogen) atoms. The number of esters is 1. The number of hydrogen-bond acceptors (Lipinski definition) is 2. The topological polar surface area (TPSA) is 26.3 Å². The molecule has 0 aromatic rings. The molecule has 1 aliphatic rings. The number of rotatable bonds is 6. The summed E-state index contributed by atoms with van der Waals surface area (Å²) in [6.07, 6.45) is 7.43. The zero-order valence-corrected chi connectivity index (χ0v) is 12.5. The van der Waals surface area contributed by atoms with Gasteiger partial charge in [-0.15, -0.1) is 6.58 Å². The molecule has 106 valence electrons. The third-order valence-electron chi connectivity index (χ3n) is 4.20. The Morgan fingerprint density at radius 3 is 2.84 bits per heavy atom. The molecule has 0 aromatic heterocycles. The van der Waals surface area contributed by atoms with Crippen LogP contribution in [0.3, 0.4) is 0 Å². The van der Waals surface area contributed by atoms with Gasteiger partial charge in [-0.2, -0.15) is 0 Å². The van der Waals surface area contributed by atoms with E-state index in [9.17, 15) is 4.79 Å². The lowest BCUT2D eigenvalue weighted by Gasteiger charge is -2.40. The minimum atomic E-state index is -0.129. The largest absolute Gasteiger partial charge is 0.466 e. The fourth-order valence-corrected chi connectivity index (χ4v) is 2.92. The molecular weight excluding hydrogens is 236 g/mol. The van der Waals surface area contributed by atoms with Crippen LogP contribution >= 0.6 is 0 Å². The normalized spacial score (nSPS) is 26.5. The number of ether oxygens (including phenoxy) is 1. The Morgan fingerprint density at radius 1 is 1.63 bits per heavy atom. The van der Waals surface area contributed by atoms with Gasteiger partial charge in [0.15, 0.2) is 0 Å². The summed E-state index contributed by atoms with van der Waals surface area (Å²) >= 11 is 0. The third-order valence-corrected chi connectivity index (χ3v) is 4.20. The maximum absolute atomic E-state index is 11.9. The van der Waals surface area contributed by atoms with Crippen molar-refractivity contribution in [3.05, 3.63) is 36.5 Å². The van der Waals surface area contributed by atoms with Crippen LogP contribution in [0.4, 0.5) is 0 Å². The predicted octanol–water partition coefficient (Wildman–Crippen LogP) is 4.43. The van der Waals surface area contributed by atoms with Gasteiger partial charge in [-0.3, -0.25) is 4.79 Å². The minimum Gasteiger partial charge on any atom is -0.466 e. The lowest BCUT2D eigenvalue weighted by molar-refractivity contribution is -0.145. The van der Waals surface area contributed by atoms with Crippen LogP contribution in [-0.4, -0.2) is 12.6 Å². The number of carbonyl (C=O) groups excluding carboxylic acids is 1. The maximum Gasteiger partial charge on any atom is 0.306 e. The average Bonchev–Trinajstić information content (AvgIpc) is 2.33. The quantitative estimate of drug-likeness (QED) is 0.522. The second-order valence-corrected chi connectivity index (χ2v) is 5.63. The molecule has 0 saturated heterocycles. The summed E-state index contributed by atoms with van der Waals surface area (Å²) in [6.45, 7) is 14.4. The van der Waals surface area contributed by atoms with Crippen molar-refractivity contribution in [2.24, 2.45) is 11.3 Å². The van der Waals surface area contributed by atoms with Crippen LogP contribution in [0.5, 0.6) is 0 Å². The summed E-state index contributed by atoms with van der Waals surface area (Å²) < 4.78 is 5.14. The molecular formula is C17H26O2. The van der Waals surface area contributed by atoms with E-state index in [1.54, 1.807) is 0 Å². The Labute approximate surface area is 117 Å². The van der Waals surface area contributed by atoms with Crippen molar-refractivity contribution in [1.29, 1.82) is 0 Å². The number of hydrogen-bond donors (Lipinski definition) is 0. The Balaban J connectivity index is 2.98. The molecule has 0 aliphatic heterocycles. The van der Waals surface area contributed by atoms with E-state index in [0.717, 1.165) is 19.3 Å². The van der Waals surface area contributed by atoms with Crippen LogP contribution in [0.1, 0.15) is 46.5 Å². The van der Waals surface area contributed by atoms with Gasteiger partial charge in [-0.1, -0.05) is 29.9 Å². The van der Waals surface area contributed by atoms with E-state index in [4.69, 9.17) is 4.74 Å². The van der Waals surface area contributed by atoms with Crippen LogP contribution in [0, 0.1) is 11.3 Å². The summed E-state index contributed by atoms with van der Waals surface area (Å²) in [7, 11) is 0. The van der Waals surface area contributed by atoms with Crippen molar-refractivity contribution in [3.63, 3.8) is 0 Å². The maximum atomic E-state index is 11.9. The summed E-state index contributed by atoms with van der Waals surface area (Å²) in [4.78, 5) is 11.9. The molecule has 0 N–H and O–H groups in total. The van der Waals surface area contributed by atoms with E-state index in [1.807, 2.05) is 13.0 Å². The van der Waals surface area contributed by atoms with Crippen molar-refractivity contribution in [2.45, 2.75) is 46.5 Å². The van der Waals surface area contributed by atoms with Crippen molar-refractivity contribution in [3.8, 4) is 0 Å². The summed E-state index contributed by atoms with van der Waals surface area (Å²) in [5.74, 6) is 0.345. The lowest BCUT2D eigenvalue weighted by atomic mass is 9.64. The van der Waals surface area contributed by atoms with E-state index in [0.29, 0.717) is 18.9 Å². The van der Waals surface area contributed by atoms with Gasteiger partial charge in [0, 0.05) is 5.41 Å². The first-order valence-electron chi connectivity index (χ1n) is 7.04. The van der Waals surface area contributed by atoms with E-state index in [-0.39, 0.29) is 11.4 Å². The molecule has 0 bridgehead atoms. The average molecular weight is 262 g/mol. The van der Waals surface area contributed by atoms with Crippen molar-refractivity contribution >= 4 is 5.97 Å². The highest BCUT2D eigenvalue weighted by atomic mass is 16.5. The van der Waals surface area contributed by atoms with E-state index in [1.165, 1.54) is 11.1 Å². The third kappa shape index (κ3) is 3.82. The summed E-state index contributed by atoms with van der Waals surface area (Å²) in [6, 6.07) is 0. The molecule has 2 nitrogen and oxygen atoms in total.